The predicted octanol–water partition coefficient (Wildman–Crippen LogP) is 0.277. The maximum absolute atomic E-state index is 15.7. The number of nitrogens with zero attached hydrogens (tertiary/aromatic N) is 5. The van der Waals surface area contributed by atoms with Gasteiger partial charge in [-0.2, -0.15) is 0 Å². The molecule has 9 rings (SSSR count). The number of aliphatic carboxylic acids is 2. The summed E-state index contributed by atoms with van der Waals surface area (Å²) in [6, 6.07) is 6.23. The minimum atomic E-state index is -2.11. The van der Waals surface area contributed by atoms with Crippen LogP contribution in [0.1, 0.15) is 114 Å². The van der Waals surface area contributed by atoms with E-state index in [1.165, 1.54) is 51.4 Å². The van der Waals surface area contributed by atoms with E-state index in [1.54, 1.807) is 106 Å². The van der Waals surface area contributed by atoms with Gasteiger partial charge in [0.15, 0.2) is 17.5 Å². The molecule has 38 nitrogen and oxygen atoms in total. The molecule has 3 saturated heterocycles. The average molecular weight is 1890 g/mol. The van der Waals surface area contributed by atoms with Gasteiger partial charge in [-0.1, -0.05) is 138 Å². The van der Waals surface area contributed by atoms with E-state index in [-0.39, 0.29) is 44.3 Å². The normalized spacial score (nSPS) is 24.6. The van der Waals surface area contributed by atoms with Crippen molar-refractivity contribution in [1.29, 1.82) is 0 Å². The summed E-state index contributed by atoms with van der Waals surface area (Å²) in [4.78, 5) is 257. The number of amides is 15. The molecule has 0 spiro atoms. The van der Waals surface area contributed by atoms with E-state index in [0.717, 1.165) is 38.6 Å². The Bertz CT molecular complexity index is 5250. The summed E-state index contributed by atoms with van der Waals surface area (Å²) >= 11 is 0.637. The lowest BCUT2D eigenvalue weighted by atomic mass is 9.98. The largest absolute Gasteiger partial charge is 0.508 e. The number of carbonyl (C=O) groups excluding carboxylic acids is 15. The summed E-state index contributed by atoms with van der Waals surface area (Å²) in [6.07, 6.45) is -7.01. The van der Waals surface area contributed by atoms with Crippen LogP contribution in [0.25, 0.3) is 10.9 Å². The number of aromatic amines is 1. The van der Waals surface area contributed by atoms with E-state index >= 15 is 51.9 Å². The van der Waals surface area contributed by atoms with Crippen LogP contribution in [0.4, 0.5) is 13.2 Å². The van der Waals surface area contributed by atoms with E-state index in [1.807, 2.05) is 0 Å². The number of carboxylic acid groups (broad SMARTS) is 2. The highest BCUT2D eigenvalue weighted by Crippen LogP contribution is 2.29. The van der Waals surface area contributed by atoms with E-state index < -0.39 is 296 Å². The van der Waals surface area contributed by atoms with Gasteiger partial charge in [0.05, 0.1) is 37.3 Å². The Balaban J connectivity index is 1.14. The Labute approximate surface area is 774 Å². The summed E-state index contributed by atoms with van der Waals surface area (Å²) in [5.74, 6) is -28.1. The molecule has 722 valence electrons. The summed E-state index contributed by atoms with van der Waals surface area (Å²) in [5, 5.41) is 77.3. The number of H-pyrrole nitrogens is 1. The number of phenols is 1. The lowest BCUT2D eigenvalue weighted by Crippen LogP contribution is -2.62. The number of halogens is 3. The molecule has 42 heteroatoms. The van der Waals surface area contributed by atoms with Crippen LogP contribution in [0.15, 0.2) is 128 Å². The van der Waals surface area contributed by atoms with E-state index in [2.05, 4.69) is 52.8 Å². The second-order valence-corrected chi connectivity index (χ2v) is 35.5. The molecule has 0 radical (unpaired) electrons. The fourth-order valence-corrected chi connectivity index (χ4v) is 17.2. The van der Waals surface area contributed by atoms with Crippen molar-refractivity contribution >= 4 is 123 Å². The van der Waals surface area contributed by atoms with Crippen LogP contribution < -0.4 is 53.6 Å². The highest BCUT2D eigenvalue weighted by atomic mass is 32.2. The minimum absolute atomic E-state index is 0.153. The third kappa shape index (κ3) is 28.5. The molecule has 3 fully saturated rings. The fourth-order valence-electron chi connectivity index (χ4n) is 16.3. The SMILES string of the molecule is CCCC[C@H]1C(=O)N2C[C@H](O)C[C@@H]2C(=O)N[C@@H](CC(=O)O)C(=O)N[C@@H](C(C)C)C(=O)N(C)[C@@H](Cc2ccccc2)C(=O)N[C@@H](CC(=O)O)C(=O)N2C[C@H](O)C[C@H]2C(=O)N[C@@H](Cc2c[nH]c3ccccc23)C(=O)N[C@@H](Cc2ccc(O)cc2)C(=O)N[C@@H](CC(C)C)C(=O)N[C@H](C(=O)NCC(N)=O)CSCC(=O)N[C@@H](Cc2cc(F)c(F)c(F)c2)C(=O)N(C)[C@@H](Cc2ccccc2)C(=O)N1C. The number of unbranched alkanes of at least 4 members (excludes halogenated alkanes) is 1. The number of hydrogen-bond acceptors (Lipinski definition) is 21. The maximum Gasteiger partial charge on any atom is 0.305 e. The zero-order valence-corrected chi connectivity index (χ0v) is 76.0. The van der Waals surface area contributed by atoms with Crippen molar-refractivity contribution < 1.29 is 120 Å². The minimum Gasteiger partial charge on any atom is -0.508 e. The molecule has 134 heavy (non-hydrogen) atoms. The third-order valence-electron chi connectivity index (χ3n) is 23.4. The number of carboxylic acids is 2. The van der Waals surface area contributed by atoms with Crippen molar-refractivity contribution in [2.24, 2.45) is 17.6 Å². The number of para-hydroxylation sites is 1. The molecule has 0 bridgehead atoms. The van der Waals surface area contributed by atoms with Crippen molar-refractivity contribution in [2.75, 3.05) is 52.3 Å². The number of aromatic hydroxyl groups is 1. The zero-order valence-electron chi connectivity index (χ0n) is 75.2. The number of aromatic nitrogens is 1. The van der Waals surface area contributed by atoms with Crippen LogP contribution in [0.5, 0.6) is 5.75 Å². The van der Waals surface area contributed by atoms with Crippen LogP contribution in [-0.2, 0) is 114 Å². The number of benzene rings is 5. The number of fused-ring (bicyclic) bond motifs is 3. The van der Waals surface area contributed by atoms with Gasteiger partial charge in [0.1, 0.15) is 84.3 Å². The van der Waals surface area contributed by atoms with Crippen LogP contribution in [0, 0.1) is 29.3 Å². The molecule has 17 N–H and O–H groups in total. The molecule has 0 aliphatic carbocycles. The van der Waals surface area contributed by atoms with Gasteiger partial charge in [-0.25, -0.2) is 13.2 Å². The van der Waals surface area contributed by atoms with Crippen LogP contribution in [0.2, 0.25) is 0 Å². The van der Waals surface area contributed by atoms with Crippen LogP contribution in [0.3, 0.4) is 0 Å². The smallest absolute Gasteiger partial charge is 0.305 e. The summed E-state index contributed by atoms with van der Waals surface area (Å²) in [6.45, 7) is 5.97. The van der Waals surface area contributed by atoms with E-state index in [0.29, 0.717) is 63.5 Å². The lowest BCUT2D eigenvalue weighted by molar-refractivity contribution is -0.152. The van der Waals surface area contributed by atoms with Gasteiger partial charge in [-0.15, -0.1) is 11.8 Å². The number of hydrogen-bond donors (Lipinski definition) is 16. The molecule has 3 aliphatic rings. The van der Waals surface area contributed by atoms with Gasteiger partial charge in [0.25, 0.3) is 0 Å². The zero-order chi connectivity index (χ0) is 98.2. The van der Waals surface area contributed by atoms with Crippen molar-refractivity contribution in [3.05, 3.63) is 173 Å². The highest BCUT2D eigenvalue weighted by molar-refractivity contribution is 8.00. The van der Waals surface area contributed by atoms with E-state index in [9.17, 15) is 68.3 Å². The number of nitrogens with two attached hydrogens (primary N) is 1. The monoisotopic (exact) mass is 1880 g/mol. The van der Waals surface area contributed by atoms with Gasteiger partial charge in [-0.3, -0.25) is 81.5 Å². The van der Waals surface area contributed by atoms with Gasteiger partial charge in [0.2, 0.25) is 88.6 Å². The first-order valence-corrected chi connectivity index (χ1v) is 45.0. The standard InChI is InChI=1S/C92H115F3N16O22S/c1-9-10-25-69-91(132)111-45-57(114)39-72(111)87(128)103-65(40-76(117)118)84(125)106-79(49(4)5)92(133)108(7)70(35-50-19-13-11-14-20-50)85(126)104-67(41-77(119)120)89(130)110-44-56(113)38-71(110)86(127)102-64(37-54-42-97-61-24-18-17-23-58(54)61)83(124)101-63(33-52-26-28-55(112)29-27-52)82(123)100-62(30-48(2)3)81(122)105-68(80(121)98-43-74(96)115)46-134-47-75(116)99-66(34-53-31-59(93)78(95)60(94)32-53)88(129)109(8)73(90(131)107(69)6)36-51-21-15-12-16-22-51/h11-24,26-29,31-32,42,48-49,56-57,62-73,79,97,112-114H,9-10,25,30,33-41,43-47H2,1-8H3,(H2,96,115)(H,98,121)(H,99,116)(H,100,123)(H,101,124)(H,102,127)(H,103,128)(H,104,126)(H,105,122)(H,106,125)(H,117,118)(H,119,120)/t56-,57-,62+,63+,64+,65+,66+,67+,68+,69+,70+,71+,72-,73+,79+/m1/s1. The number of carbonyl (C=O) groups is 17. The molecule has 3 aliphatic heterocycles. The fraction of sp³-hybridized carbons (Fsp3) is 0.467. The predicted molar refractivity (Wildman–Crippen MR) is 479 cm³/mol. The first-order chi connectivity index (χ1) is 63.5. The van der Waals surface area contributed by atoms with Crippen molar-refractivity contribution in [3.63, 3.8) is 0 Å². The van der Waals surface area contributed by atoms with Crippen molar-refractivity contribution in [1.82, 2.24) is 77.3 Å². The van der Waals surface area contributed by atoms with Gasteiger partial charge < -0.3 is 109 Å². The van der Waals surface area contributed by atoms with Crippen molar-refractivity contribution in [3.8, 4) is 5.75 Å². The quantitative estimate of drug-likeness (QED) is 0.0383. The lowest BCUT2D eigenvalue weighted by Gasteiger charge is -2.38. The molecule has 4 heterocycles. The van der Waals surface area contributed by atoms with Crippen molar-refractivity contribution in [2.45, 2.75) is 209 Å². The molecule has 5 aromatic carbocycles. The molecular weight excluding hydrogens is 1770 g/mol. The highest BCUT2D eigenvalue weighted by Gasteiger charge is 2.49. The number of phenolic OH excluding ortho intramolecular Hbond substituents is 1. The molecule has 0 unspecified atom stereocenters. The number of rotatable bonds is 23. The summed E-state index contributed by atoms with van der Waals surface area (Å²) in [5.41, 5.74) is 7.10. The number of likely N-dealkylation sites (N-methyl/N-ethyl adjacent to an activating group) is 3. The topological polar surface area (TPSA) is 558 Å². The summed E-state index contributed by atoms with van der Waals surface area (Å²) in [7, 11) is 3.51. The molecule has 15 amide bonds. The number of nitrogens with one attached hydrogen (secondary N) is 10. The van der Waals surface area contributed by atoms with E-state index in [4.69, 9.17) is 5.73 Å². The maximum atomic E-state index is 15.7. The summed E-state index contributed by atoms with van der Waals surface area (Å²) < 4.78 is 45.1. The molecule has 1 aromatic heterocycles. The molecule has 0 saturated carbocycles. The second kappa shape index (κ2) is 48.2. The van der Waals surface area contributed by atoms with Gasteiger partial charge >= 0.3 is 11.9 Å². The first kappa shape index (κ1) is 104. The molecule has 6 aromatic rings. The van der Waals surface area contributed by atoms with Gasteiger partial charge in [0, 0.05) is 102 Å². The van der Waals surface area contributed by atoms with Crippen LogP contribution in [-0.4, -0.2) is 299 Å². The Morgan fingerprint density at radius 3 is 1.56 bits per heavy atom. The van der Waals surface area contributed by atoms with Crippen LogP contribution >= 0.6 is 11.8 Å². The number of aliphatic hydroxyl groups excluding tert-OH is 2. The molecule has 15 atom stereocenters. The number of thioether (sulfide) groups is 1. The first-order valence-electron chi connectivity index (χ1n) is 43.8. The Hall–Kier alpha value is -13.5. The Kier molecular flexibility index (Phi) is 37.5. The molecular formula is C92H115F3N16O22S. The Morgan fingerprint density at radius 2 is 0.993 bits per heavy atom. The number of aliphatic hydroxyl groups is 2. The average Bonchev–Trinajstić information content (AvgIpc) is 1.62. The van der Waals surface area contributed by atoms with Gasteiger partial charge in [-0.05, 0) is 82.8 Å². The third-order valence-corrected chi connectivity index (χ3v) is 24.5. The second-order valence-electron chi connectivity index (χ2n) is 34.5. The Morgan fingerprint density at radius 1 is 0.507 bits per heavy atom. The number of primary amides is 1.